The molecule has 26 heavy (non-hydrogen) atoms. The van der Waals surface area contributed by atoms with Gasteiger partial charge in [-0.05, 0) is 26.8 Å². The van der Waals surface area contributed by atoms with Crippen molar-refractivity contribution in [3.8, 4) is 0 Å². The zero-order valence-electron chi connectivity index (χ0n) is 15.9. The Labute approximate surface area is 171 Å². The number of furan rings is 1. The molecule has 0 saturated carbocycles. The average Bonchev–Trinajstić information content (AvgIpc) is 3.05. The first-order valence-corrected chi connectivity index (χ1v) is 8.42. The number of guanidine groups is 1. The summed E-state index contributed by atoms with van der Waals surface area (Å²) in [5.41, 5.74) is 5.48. The summed E-state index contributed by atoms with van der Waals surface area (Å²) in [6, 6.07) is 8.09. The summed E-state index contributed by atoms with van der Waals surface area (Å²) in [5.74, 6) is 1.67. The van der Waals surface area contributed by atoms with Crippen molar-refractivity contribution in [2.75, 3.05) is 7.05 Å². The number of hydrogen-bond donors (Lipinski definition) is 2. The Kier molecular flexibility index (Phi) is 6.69. The molecule has 3 aromatic rings. The third-order valence-corrected chi connectivity index (χ3v) is 4.67. The minimum absolute atomic E-state index is 0. The second-order valence-electron chi connectivity index (χ2n) is 6.20. The SMILES string of the molecule is CN=C(NCc1oc2ccccc2c1C)NCc1c(C)nn(C)c1C.I. The Morgan fingerprint density at radius 3 is 2.46 bits per heavy atom. The monoisotopic (exact) mass is 467 g/mol. The topological polar surface area (TPSA) is 67.4 Å². The number of hydrogen-bond acceptors (Lipinski definition) is 3. The van der Waals surface area contributed by atoms with Gasteiger partial charge in [0, 0.05) is 42.8 Å². The van der Waals surface area contributed by atoms with Crippen molar-refractivity contribution in [2.24, 2.45) is 12.0 Å². The number of nitrogens with one attached hydrogen (secondary N) is 2. The molecule has 0 amide bonds. The zero-order valence-corrected chi connectivity index (χ0v) is 18.2. The smallest absolute Gasteiger partial charge is 0.191 e. The van der Waals surface area contributed by atoms with Crippen molar-refractivity contribution < 1.29 is 4.42 Å². The van der Waals surface area contributed by atoms with Crippen LogP contribution >= 0.6 is 24.0 Å². The summed E-state index contributed by atoms with van der Waals surface area (Å²) in [4.78, 5) is 4.29. The Morgan fingerprint density at radius 1 is 1.15 bits per heavy atom. The molecule has 0 aliphatic rings. The molecule has 140 valence electrons. The van der Waals surface area contributed by atoms with Gasteiger partial charge in [0.25, 0.3) is 0 Å². The molecule has 2 aromatic heterocycles. The van der Waals surface area contributed by atoms with Crippen molar-refractivity contribution in [2.45, 2.75) is 33.9 Å². The third kappa shape index (κ3) is 4.03. The maximum absolute atomic E-state index is 5.94. The first kappa shape index (κ1) is 20.3. The van der Waals surface area contributed by atoms with Crippen LogP contribution in [-0.4, -0.2) is 22.8 Å². The number of halogens is 1. The third-order valence-electron chi connectivity index (χ3n) is 4.67. The summed E-state index contributed by atoms with van der Waals surface area (Å²) < 4.78 is 7.84. The molecule has 0 spiro atoms. The summed E-state index contributed by atoms with van der Waals surface area (Å²) in [6.07, 6.45) is 0. The fraction of sp³-hybridized carbons (Fsp3) is 0.368. The molecule has 2 N–H and O–H groups in total. The van der Waals surface area contributed by atoms with E-state index in [0.29, 0.717) is 13.1 Å². The second kappa shape index (κ2) is 8.57. The van der Waals surface area contributed by atoms with E-state index in [1.54, 1.807) is 7.05 Å². The molecule has 0 saturated heterocycles. The molecule has 6 nitrogen and oxygen atoms in total. The highest BCUT2D eigenvalue weighted by molar-refractivity contribution is 14.0. The van der Waals surface area contributed by atoms with Crippen LogP contribution in [0.2, 0.25) is 0 Å². The highest BCUT2D eigenvalue weighted by atomic mass is 127. The fourth-order valence-corrected chi connectivity index (χ4v) is 3.02. The Morgan fingerprint density at radius 2 is 1.85 bits per heavy atom. The zero-order chi connectivity index (χ0) is 18.0. The predicted octanol–water partition coefficient (Wildman–Crippen LogP) is 3.57. The van der Waals surface area contributed by atoms with E-state index >= 15 is 0 Å². The standard InChI is InChI=1S/C19H25N5O.HI/c1-12-15-8-6-7-9-17(15)25-18(12)11-22-19(20-4)21-10-16-13(2)23-24(5)14(16)3;/h6-9H,10-11H2,1-5H3,(H2,20,21,22);1H. The van der Waals surface area contributed by atoms with E-state index < -0.39 is 0 Å². The molecule has 0 aliphatic carbocycles. The maximum atomic E-state index is 5.94. The van der Waals surface area contributed by atoms with Crippen LogP contribution in [0.3, 0.4) is 0 Å². The van der Waals surface area contributed by atoms with E-state index in [1.165, 1.54) is 5.56 Å². The summed E-state index contributed by atoms with van der Waals surface area (Å²) >= 11 is 0. The van der Waals surface area contributed by atoms with Crippen LogP contribution < -0.4 is 10.6 Å². The lowest BCUT2D eigenvalue weighted by Gasteiger charge is -2.11. The number of aliphatic imine (C=N–C) groups is 1. The molecule has 0 bridgehead atoms. The molecule has 2 heterocycles. The Bertz CT molecular complexity index is 926. The molecule has 0 radical (unpaired) electrons. The number of aryl methyl sites for hydroxylation is 3. The molecule has 0 unspecified atom stereocenters. The van der Waals surface area contributed by atoms with E-state index in [1.807, 2.05) is 36.9 Å². The van der Waals surface area contributed by atoms with Crippen LogP contribution in [0.5, 0.6) is 0 Å². The number of para-hydroxylation sites is 1. The van der Waals surface area contributed by atoms with Gasteiger partial charge in [-0.15, -0.1) is 24.0 Å². The van der Waals surface area contributed by atoms with Gasteiger partial charge in [0.2, 0.25) is 0 Å². The van der Waals surface area contributed by atoms with E-state index in [0.717, 1.165) is 39.6 Å². The van der Waals surface area contributed by atoms with Gasteiger partial charge in [-0.2, -0.15) is 5.10 Å². The van der Waals surface area contributed by atoms with Gasteiger partial charge in [-0.25, -0.2) is 0 Å². The van der Waals surface area contributed by atoms with E-state index in [9.17, 15) is 0 Å². The minimum atomic E-state index is 0. The van der Waals surface area contributed by atoms with Crippen LogP contribution in [-0.2, 0) is 20.1 Å². The van der Waals surface area contributed by atoms with Crippen LogP contribution in [0.4, 0.5) is 0 Å². The second-order valence-corrected chi connectivity index (χ2v) is 6.20. The Balaban J connectivity index is 0.00000243. The van der Waals surface area contributed by atoms with Crippen molar-refractivity contribution in [3.63, 3.8) is 0 Å². The van der Waals surface area contributed by atoms with Crippen molar-refractivity contribution in [3.05, 3.63) is 52.5 Å². The number of fused-ring (bicyclic) bond motifs is 1. The number of aromatic nitrogens is 2. The van der Waals surface area contributed by atoms with Gasteiger partial charge < -0.3 is 15.1 Å². The van der Waals surface area contributed by atoms with Gasteiger partial charge in [0.1, 0.15) is 11.3 Å². The van der Waals surface area contributed by atoms with Crippen molar-refractivity contribution >= 4 is 40.9 Å². The molecule has 7 heteroatoms. The normalized spacial score (nSPS) is 11.5. The van der Waals surface area contributed by atoms with Gasteiger partial charge in [-0.3, -0.25) is 9.67 Å². The summed E-state index contributed by atoms with van der Waals surface area (Å²) in [7, 11) is 3.73. The first-order valence-electron chi connectivity index (χ1n) is 8.42. The lowest BCUT2D eigenvalue weighted by Crippen LogP contribution is -2.36. The van der Waals surface area contributed by atoms with E-state index in [-0.39, 0.29) is 24.0 Å². The van der Waals surface area contributed by atoms with Crippen LogP contribution in [0.25, 0.3) is 11.0 Å². The molecule has 0 atom stereocenters. The molecule has 1 aromatic carbocycles. The van der Waals surface area contributed by atoms with E-state index in [4.69, 9.17) is 4.42 Å². The van der Waals surface area contributed by atoms with Crippen molar-refractivity contribution in [1.82, 2.24) is 20.4 Å². The summed E-state index contributed by atoms with van der Waals surface area (Å²) in [6.45, 7) is 7.46. The highest BCUT2D eigenvalue weighted by Crippen LogP contribution is 2.24. The minimum Gasteiger partial charge on any atom is -0.459 e. The number of rotatable bonds is 4. The van der Waals surface area contributed by atoms with Gasteiger partial charge >= 0.3 is 0 Å². The first-order chi connectivity index (χ1) is 12.0. The van der Waals surface area contributed by atoms with Gasteiger partial charge in [-0.1, -0.05) is 18.2 Å². The highest BCUT2D eigenvalue weighted by Gasteiger charge is 2.12. The van der Waals surface area contributed by atoms with Crippen LogP contribution in [0.15, 0.2) is 33.7 Å². The van der Waals surface area contributed by atoms with Gasteiger partial charge in [0.05, 0.1) is 12.2 Å². The molecule has 0 aliphatic heterocycles. The molecule has 3 rings (SSSR count). The molecular formula is C19H26IN5O. The van der Waals surface area contributed by atoms with Crippen molar-refractivity contribution in [1.29, 1.82) is 0 Å². The molecule has 0 fully saturated rings. The number of nitrogens with zero attached hydrogens (tertiary/aromatic N) is 3. The maximum Gasteiger partial charge on any atom is 0.191 e. The average molecular weight is 467 g/mol. The lowest BCUT2D eigenvalue weighted by molar-refractivity contribution is 0.534. The lowest BCUT2D eigenvalue weighted by atomic mass is 10.1. The fourth-order valence-electron chi connectivity index (χ4n) is 3.02. The quantitative estimate of drug-likeness (QED) is 0.350. The molecular weight excluding hydrogens is 441 g/mol. The number of benzene rings is 1. The summed E-state index contributed by atoms with van der Waals surface area (Å²) in [5, 5.41) is 12.3. The van der Waals surface area contributed by atoms with Crippen LogP contribution in [0, 0.1) is 20.8 Å². The van der Waals surface area contributed by atoms with Gasteiger partial charge in [0.15, 0.2) is 5.96 Å². The Hall–Kier alpha value is -2.03. The largest absolute Gasteiger partial charge is 0.459 e. The predicted molar refractivity (Wildman–Crippen MR) is 116 cm³/mol. The van der Waals surface area contributed by atoms with E-state index in [2.05, 4.69) is 40.6 Å². The van der Waals surface area contributed by atoms with Crippen LogP contribution in [0.1, 0.15) is 28.3 Å².